The van der Waals surface area contributed by atoms with E-state index in [1.54, 1.807) is 24.3 Å². The third-order valence-corrected chi connectivity index (χ3v) is 4.81. The Labute approximate surface area is 120 Å². The second-order valence-corrected chi connectivity index (χ2v) is 6.74. The van der Waals surface area contributed by atoms with Gasteiger partial charge in [-0.3, -0.25) is 0 Å². The summed E-state index contributed by atoms with van der Waals surface area (Å²) >= 11 is 0. The van der Waals surface area contributed by atoms with Crippen LogP contribution in [0.25, 0.3) is 0 Å². The molecular formula is C14H22N2O3S. The van der Waals surface area contributed by atoms with Gasteiger partial charge in [0.05, 0.1) is 11.5 Å². The van der Waals surface area contributed by atoms with Gasteiger partial charge in [0.1, 0.15) is 5.75 Å². The van der Waals surface area contributed by atoms with Crippen LogP contribution in [0.3, 0.4) is 0 Å². The summed E-state index contributed by atoms with van der Waals surface area (Å²) in [6.45, 7) is 4.77. The van der Waals surface area contributed by atoms with Crippen LogP contribution < -0.4 is 14.8 Å². The van der Waals surface area contributed by atoms with Crippen molar-refractivity contribution in [1.82, 2.24) is 10.0 Å². The van der Waals surface area contributed by atoms with E-state index in [1.807, 2.05) is 6.92 Å². The standard InChI is InChI=1S/C14H22N2O3S/c1-2-19-13-6-3-7-14(9-13)20(17,18)16-11-12-5-4-8-15-10-12/h3,6-7,9,12,15-16H,2,4-5,8,10-11H2,1H3. The topological polar surface area (TPSA) is 67.4 Å². The lowest BCUT2D eigenvalue weighted by Crippen LogP contribution is -2.38. The second-order valence-electron chi connectivity index (χ2n) is 4.97. The number of hydrogen-bond acceptors (Lipinski definition) is 4. The first-order valence-corrected chi connectivity index (χ1v) is 8.53. The van der Waals surface area contributed by atoms with E-state index in [-0.39, 0.29) is 4.90 Å². The lowest BCUT2D eigenvalue weighted by Gasteiger charge is -2.22. The highest BCUT2D eigenvalue weighted by molar-refractivity contribution is 7.89. The molecule has 0 radical (unpaired) electrons. The predicted octanol–water partition coefficient (Wildman–Crippen LogP) is 1.36. The number of piperidine rings is 1. The van der Waals surface area contributed by atoms with Crippen LogP contribution in [0, 0.1) is 5.92 Å². The summed E-state index contributed by atoms with van der Waals surface area (Å²) in [6, 6.07) is 6.60. The zero-order valence-electron chi connectivity index (χ0n) is 11.8. The van der Waals surface area contributed by atoms with Gasteiger partial charge in [0, 0.05) is 12.6 Å². The monoisotopic (exact) mass is 298 g/mol. The Morgan fingerprint density at radius 2 is 2.30 bits per heavy atom. The fourth-order valence-electron chi connectivity index (χ4n) is 2.31. The van der Waals surface area contributed by atoms with E-state index in [4.69, 9.17) is 4.74 Å². The molecular weight excluding hydrogens is 276 g/mol. The van der Waals surface area contributed by atoms with Gasteiger partial charge in [-0.2, -0.15) is 0 Å². The summed E-state index contributed by atoms with van der Waals surface area (Å²) in [5.74, 6) is 0.948. The Morgan fingerprint density at radius 1 is 1.45 bits per heavy atom. The molecule has 0 bridgehead atoms. The summed E-state index contributed by atoms with van der Waals surface area (Å²) in [7, 11) is -3.46. The largest absolute Gasteiger partial charge is 0.494 e. The van der Waals surface area contributed by atoms with Crippen LogP contribution in [0.4, 0.5) is 0 Å². The molecule has 1 saturated heterocycles. The maximum absolute atomic E-state index is 12.2. The summed E-state index contributed by atoms with van der Waals surface area (Å²) in [5, 5.41) is 3.28. The number of hydrogen-bond donors (Lipinski definition) is 2. The molecule has 1 aromatic rings. The molecule has 0 amide bonds. The van der Waals surface area contributed by atoms with Gasteiger partial charge in [-0.1, -0.05) is 6.07 Å². The second kappa shape index (κ2) is 7.06. The van der Waals surface area contributed by atoms with Gasteiger partial charge in [-0.25, -0.2) is 13.1 Å². The van der Waals surface area contributed by atoms with Crippen molar-refractivity contribution in [3.05, 3.63) is 24.3 Å². The molecule has 0 aromatic heterocycles. The van der Waals surface area contributed by atoms with Crippen LogP contribution in [-0.2, 0) is 10.0 Å². The van der Waals surface area contributed by atoms with Crippen molar-refractivity contribution in [2.45, 2.75) is 24.7 Å². The van der Waals surface area contributed by atoms with Gasteiger partial charge < -0.3 is 10.1 Å². The Hall–Kier alpha value is -1.11. The highest BCUT2D eigenvalue weighted by Gasteiger charge is 2.19. The molecule has 2 N–H and O–H groups in total. The summed E-state index contributed by atoms with van der Waals surface area (Å²) in [6.07, 6.45) is 2.17. The fraction of sp³-hybridized carbons (Fsp3) is 0.571. The van der Waals surface area contributed by atoms with Gasteiger partial charge in [0.15, 0.2) is 0 Å². The van der Waals surface area contributed by atoms with Crippen molar-refractivity contribution in [3.8, 4) is 5.75 Å². The van der Waals surface area contributed by atoms with Crippen LogP contribution in [-0.4, -0.2) is 34.7 Å². The fourth-order valence-corrected chi connectivity index (χ4v) is 3.46. The van der Waals surface area contributed by atoms with E-state index in [2.05, 4.69) is 10.0 Å². The molecule has 1 aromatic carbocycles. The lowest BCUT2D eigenvalue weighted by molar-refractivity contribution is 0.339. The average Bonchev–Trinajstić information content (AvgIpc) is 2.47. The summed E-state index contributed by atoms with van der Waals surface area (Å²) < 4.78 is 32.5. The minimum atomic E-state index is -3.46. The third kappa shape index (κ3) is 4.19. The van der Waals surface area contributed by atoms with Crippen LogP contribution in [0.15, 0.2) is 29.2 Å². The number of benzene rings is 1. The minimum Gasteiger partial charge on any atom is -0.494 e. The van der Waals surface area contributed by atoms with Crippen molar-refractivity contribution in [3.63, 3.8) is 0 Å². The van der Waals surface area contributed by atoms with Crippen molar-refractivity contribution in [2.75, 3.05) is 26.2 Å². The Morgan fingerprint density at radius 3 is 3.00 bits per heavy atom. The molecule has 0 aliphatic carbocycles. The molecule has 5 nitrogen and oxygen atoms in total. The molecule has 1 unspecified atom stereocenters. The molecule has 20 heavy (non-hydrogen) atoms. The normalized spacial score (nSPS) is 19.8. The van der Waals surface area contributed by atoms with E-state index in [0.717, 1.165) is 25.9 Å². The van der Waals surface area contributed by atoms with Gasteiger partial charge in [-0.05, 0) is 50.9 Å². The van der Waals surface area contributed by atoms with E-state index >= 15 is 0 Å². The number of ether oxygens (including phenoxy) is 1. The van der Waals surface area contributed by atoms with Gasteiger partial charge in [0.25, 0.3) is 0 Å². The first-order valence-electron chi connectivity index (χ1n) is 7.05. The molecule has 6 heteroatoms. The van der Waals surface area contributed by atoms with E-state index < -0.39 is 10.0 Å². The van der Waals surface area contributed by atoms with Crippen molar-refractivity contribution >= 4 is 10.0 Å². The van der Waals surface area contributed by atoms with Gasteiger partial charge in [0.2, 0.25) is 10.0 Å². The van der Waals surface area contributed by atoms with Crippen LogP contribution in [0.1, 0.15) is 19.8 Å². The highest BCUT2D eigenvalue weighted by Crippen LogP contribution is 2.18. The number of rotatable bonds is 6. The van der Waals surface area contributed by atoms with Crippen LogP contribution in [0.2, 0.25) is 0 Å². The molecule has 112 valence electrons. The van der Waals surface area contributed by atoms with Crippen LogP contribution in [0.5, 0.6) is 5.75 Å². The van der Waals surface area contributed by atoms with Gasteiger partial charge >= 0.3 is 0 Å². The maximum Gasteiger partial charge on any atom is 0.240 e. The first-order chi connectivity index (χ1) is 9.62. The predicted molar refractivity (Wildman–Crippen MR) is 78.4 cm³/mol. The SMILES string of the molecule is CCOc1cccc(S(=O)(=O)NCC2CCCNC2)c1. The lowest BCUT2D eigenvalue weighted by atomic mass is 10.0. The molecule has 0 spiro atoms. The zero-order valence-corrected chi connectivity index (χ0v) is 12.6. The highest BCUT2D eigenvalue weighted by atomic mass is 32.2. The smallest absolute Gasteiger partial charge is 0.240 e. The Bertz CT molecular complexity index is 525. The first kappa shape index (κ1) is 15.3. The number of nitrogens with one attached hydrogen (secondary N) is 2. The quantitative estimate of drug-likeness (QED) is 0.832. The van der Waals surface area contributed by atoms with Crippen LogP contribution >= 0.6 is 0 Å². The number of sulfonamides is 1. The minimum absolute atomic E-state index is 0.257. The van der Waals surface area contributed by atoms with Gasteiger partial charge in [-0.15, -0.1) is 0 Å². The molecule has 2 rings (SSSR count). The molecule has 1 aliphatic heterocycles. The van der Waals surface area contributed by atoms with E-state index in [1.165, 1.54) is 0 Å². The Kier molecular flexibility index (Phi) is 5.39. The van der Waals surface area contributed by atoms with Crippen molar-refractivity contribution in [1.29, 1.82) is 0 Å². The zero-order chi connectivity index (χ0) is 14.4. The average molecular weight is 298 g/mol. The maximum atomic E-state index is 12.2. The molecule has 0 saturated carbocycles. The van der Waals surface area contributed by atoms with Crippen molar-refractivity contribution < 1.29 is 13.2 Å². The molecule has 1 fully saturated rings. The molecule has 1 atom stereocenters. The summed E-state index contributed by atoms with van der Waals surface area (Å²) in [4.78, 5) is 0.257. The Balaban J connectivity index is 2.00. The van der Waals surface area contributed by atoms with E-state index in [9.17, 15) is 8.42 Å². The van der Waals surface area contributed by atoms with E-state index in [0.29, 0.717) is 24.8 Å². The molecule has 1 aliphatic rings. The van der Waals surface area contributed by atoms with Crippen molar-refractivity contribution in [2.24, 2.45) is 5.92 Å². The molecule has 1 heterocycles. The summed E-state index contributed by atoms with van der Waals surface area (Å²) in [5.41, 5.74) is 0. The third-order valence-electron chi connectivity index (χ3n) is 3.39.